The molecule has 0 spiro atoms. The van der Waals surface area contributed by atoms with E-state index in [4.69, 9.17) is 10.1 Å². The maximum Gasteiger partial charge on any atom is 0.178 e. The summed E-state index contributed by atoms with van der Waals surface area (Å²) in [4.78, 5) is 15.0. The van der Waals surface area contributed by atoms with Gasteiger partial charge >= 0.3 is 0 Å². The third-order valence-electron chi connectivity index (χ3n) is 2.45. The number of rotatable bonds is 8. The van der Waals surface area contributed by atoms with Gasteiger partial charge in [-0.05, 0) is 47.0 Å². The number of nitrogens with zero attached hydrogens (tertiary/aromatic N) is 1. The second kappa shape index (κ2) is 8.69. The summed E-state index contributed by atoms with van der Waals surface area (Å²) in [5.41, 5.74) is 1.19. The van der Waals surface area contributed by atoms with Crippen LogP contribution >= 0.6 is 28.4 Å². The number of ketones is 1. The van der Waals surface area contributed by atoms with Crippen LogP contribution in [0.15, 0.2) is 47.8 Å². The molecule has 0 amide bonds. The van der Waals surface area contributed by atoms with Crippen molar-refractivity contribution in [3.8, 4) is 5.75 Å². The lowest BCUT2D eigenvalue weighted by Crippen LogP contribution is -2.11. The first kappa shape index (κ1) is 17.5. The number of Topliss-reactive ketones (excluding diaryl/α,β-unsaturated/α-hetero) is 1. The van der Waals surface area contributed by atoms with Crippen molar-refractivity contribution < 1.29 is 9.53 Å². The molecule has 1 aromatic carbocycles. The average molecular weight is 415 g/mol. The molecule has 7 heteroatoms. The van der Waals surface area contributed by atoms with Crippen LogP contribution in [0.25, 0.3) is 0 Å². The fourth-order valence-electron chi connectivity index (χ4n) is 1.50. The minimum atomic E-state index is -0.286. The molecule has 0 bridgehead atoms. The Kier molecular flexibility index (Phi) is 7.25. The van der Waals surface area contributed by atoms with E-state index >= 15 is 0 Å². The summed E-state index contributed by atoms with van der Waals surface area (Å²) in [6, 6.07) is 5.11. The predicted octanol–water partition coefficient (Wildman–Crippen LogP) is 4.11. The lowest BCUT2D eigenvalue weighted by Gasteiger charge is -2.13. The quantitative estimate of drug-likeness (QED) is 0.221. The maximum atomic E-state index is 11.4. The van der Waals surface area contributed by atoms with E-state index in [2.05, 4.69) is 45.4 Å². The summed E-state index contributed by atoms with van der Waals surface area (Å²) in [6.45, 7) is 8.36. The van der Waals surface area contributed by atoms with Crippen LogP contribution in [0.1, 0.15) is 12.5 Å². The molecule has 110 valence electrons. The van der Waals surface area contributed by atoms with Crippen LogP contribution in [-0.4, -0.2) is 18.2 Å². The standard InChI is InChI=1S/C14H15IN3O2P/c1-4-10(8-17-3)20-11-5-6-12(14(16)9(2)19)13(7-11)18-21-15/h4-8,16,18,21H,1,3H2,2H3/b10-8+,16-14?. The molecule has 0 aromatic heterocycles. The van der Waals surface area contributed by atoms with Gasteiger partial charge in [-0.15, -0.1) is 0 Å². The van der Waals surface area contributed by atoms with E-state index in [0.717, 1.165) is 0 Å². The van der Waals surface area contributed by atoms with Gasteiger partial charge in [0, 0.05) is 24.9 Å². The second-order valence-electron chi connectivity index (χ2n) is 3.88. The van der Waals surface area contributed by atoms with Crippen molar-refractivity contribution >= 4 is 52.3 Å². The smallest absolute Gasteiger partial charge is 0.178 e. The van der Waals surface area contributed by atoms with Gasteiger partial charge in [0.2, 0.25) is 0 Å². The SMILES string of the molecule is C=C/C(=C\N=C)Oc1ccc(C(=N)C(C)=O)c(NPI)c1. The van der Waals surface area contributed by atoms with Gasteiger partial charge in [-0.2, -0.15) is 0 Å². The number of hydrogen-bond acceptors (Lipinski definition) is 5. The second-order valence-corrected chi connectivity index (χ2v) is 5.94. The number of aliphatic imine (C=N–C) groups is 1. The molecule has 0 aliphatic heterocycles. The molecule has 1 rings (SSSR count). The fourth-order valence-corrected chi connectivity index (χ4v) is 2.68. The molecule has 0 saturated carbocycles. The Balaban J connectivity index is 3.16. The van der Waals surface area contributed by atoms with Crippen LogP contribution in [0.5, 0.6) is 5.75 Å². The van der Waals surface area contributed by atoms with Gasteiger partial charge in [0.1, 0.15) is 17.2 Å². The van der Waals surface area contributed by atoms with Crippen molar-refractivity contribution in [1.82, 2.24) is 0 Å². The monoisotopic (exact) mass is 415 g/mol. The van der Waals surface area contributed by atoms with Gasteiger partial charge < -0.3 is 9.82 Å². The lowest BCUT2D eigenvalue weighted by atomic mass is 10.1. The van der Waals surface area contributed by atoms with Crippen LogP contribution in [0, 0.1) is 5.41 Å². The third-order valence-corrected chi connectivity index (χ3v) is 3.62. The topological polar surface area (TPSA) is 74.5 Å². The number of allylic oxidation sites excluding steroid dienone is 1. The number of ether oxygens (including phenoxy) is 1. The van der Waals surface area contributed by atoms with E-state index in [-0.39, 0.29) is 11.5 Å². The van der Waals surface area contributed by atoms with Crippen LogP contribution in [0.2, 0.25) is 0 Å². The van der Waals surface area contributed by atoms with Crippen molar-refractivity contribution in [2.75, 3.05) is 5.09 Å². The van der Waals surface area contributed by atoms with Gasteiger partial charge in [0.05, 0.1) is 11.9 Å². The largest absolute Gasteiger partial charge is 0.456 e. The first-order chi connectivity index (χ1) is 10.0. The maximum absolute atomic E-state index is 11.4. The van der Waals surface area contributed by atoms with Crippen molar-refractivity contribution in [3.05, 3.63) is 48.4 Å². The highest BCUT2D eigenvalue weighted by atomic mass is 127. The molecule has 1 aromatic rings. The van der Waals surface area contributed by atoms with E-state index in [1.807, 2.05) is 0 Å². The predicted molar refractivity (Wildman–Crippen MR) is 98.4 cm³/mol. The number of benzene rings is 1. The first-order valence-corrected chi connectivity index (χ1v) is 9.96. The first-order valence-electron chi connectivity index (χ1n) is 5.85. The normalized spacial score (nSPS) is 11.2. The van der Waals surface area contributed by atoms with Gasteiger partial charge in [-0.25, -0.2) is 0 Å². The highest BCUT2D eigenvalue weighted by Gasteiger charge is 2.13. The Labute approximate surface area is 138 Å². The molecule has 1 atom stereocenters. The van der Waals surface area contributed by atoms with E-state index in [1.54, 1.807) is 18.2 Å². The van der Waals surface area contributed by atoms with E-state index < -0.39 is 0 Å². The Bertz CT molecular complexity index is 614. The third kappa shape index (κ3) is 5.06. The number of hydrogen-bond donors (Lipinski definition) is 2. The Morgan fingerprint density at radius 3 is 2.81 bits per heavy atom. The summed E-state index contributed by atoms with van der Waals surface area (Å²) in [6.07, 6.45) is 3.38. The fraction of sp³-hybridized carbons (Fsp3) is 0.0714. The molecule has 0 aliphatic rings. The molecular formula is C14H15IN3O2P. The van der Waals surface area contributed by atoms with Gasteiger partial charge in [0.15, 0.2) is 5.78 Å². The zero-order chi connectivity index (χ0) is 15.8. The Hall–Kier alpha value is -1.53. The molecule has 21 heavy (non-hydrogen) atoms. The Morgan fingerprint density at radius 1 is 1.57 bits per heavy atom. The van der Waals surface area contributed by atoms with Gasteiger partial charge in [-0.1, -0.05) is 6.58 Å². The summed E-state index contributed by atoms with van der Waals surface area (Å²) < 4.78 is 5.60. The molecule has 0 heterocycles. The number of anilines is 1. The van der Waals surface area contributed by atoms with Gasteiger partial charge in [-0.3, -0.25) is 15.2 Å². The highest BCUT2D eigenvalue weighted by Crippen LogP contribution is 2.31. The lowest BCUT2D eigenvalue weighted by molar-refractivity contribution is -0.111. The summed E-state index contributed by atoms with van der Waals surface area (Å²) in [5.74, 6) is 0.732. The molecule has 0 saturated heterocycles. The Morgan fingerprint density at radius 2 is 2.29 bits per heavy atom. The van der Waals surface area contributed by atoms with Crippen LogP contribution in [-0.2, 0) is 4.79 Å². The van der Waals surface area contributed by atoms with E-state index in [1.165, 1.54) is 19.2 Å². The highest BCUT2D eigenvalue weighted by molar-refractivity contribution is 14.2. The molecule has 0 fully saturated rings. The minimum absolute atomic E-state index is 0.0362. The number of nitrogens with one attached hydrogen (secondary N) is 2. The van der Waals surface area contributed by atoms with Crippen LogP contribution in [0.4, 0.5) is 5.69 Å². The summed E-state index contributed by atoms with van der Waals surface area (Å²) >= 11 is 2.18. The van der Waals surface area contributed by atoms with Crippen molar-refractivity contribution in [3.63, 3.8) is 0 Å². The summed E-state index contributed by atoms with van der Waals surface area (Å²) in [5, 5.41) is 11.0. The van der Waals surface area contributed by atoms with Crippen LogP contribution in [0.3, 0.4) is 0 Å². The molecule has 2 N–H and O–H groups in total. The zero-order valence-electron chi connectivity index (χ0n) is 11.4. The van der Waals surface area contributed by atoms with Crippen molar-refractivity contribution in [2.24, 2.45) is 4.99 Å². The molecular weight excluding hydrogens is 400 g/mol. The number of carbonyl (C=O) groups is 1. The van der Waals surface area contributed by atoms with E-state index in [9.17, 15) is 4.79 Å². The van der Waals surface area contributed by atoms with Crippen molar-refractivity contribution in [2.45, 2.75) is 6.92 Å². The molecule has 5 nitrogen and oxygen atoms in total. The molecule has 0 radical (unpaired) electrons. The van der Waals surface area contributed by atoms with Crippen LogP contribution < -0.4 is 9.82 Å². The summed E-state index contributed by atoms with van der Waals surface area (Å²) in [7, 11) is 0. The van der Waals surface area contributed by atoms with Crippen molar-refractivity contribution in [1.29, 1.82) is 5.41 Å². The molecule has 1 unspecified atom stereocenters. The van der Waals surface area contributed by atoms with E-state index in [0.29, 0.717) is 29.1 Å². The minimum Gasteiger partial charge on any atom is -0.456 e. The van der Waals surface area contributed by atoms with Gasteiger partial charge in [0.25, 0.3) is 0 Å². The average Bonchev–Trinajstić information content (AvgIpc) is 2.46. The number of carbonyl (C=O) groups excluding carboxylic acids is 1. The number of halogens is 1. The zero-order valence-corrected chi connectivity index (χ0v) is 14.6. The molecule has 0 aliphatic carbocycles.